The second-order valence-corrected chi connectivity index (χ2v) is 3.81. The fourth-order valence-electron chi connectivity index (χ4n) is 1.46. The zero-order valence-corrected chi connectivity index (χ0v) is 8.87. The van der Waals surface area contributed by atoms with Crippen molar-refractivity contribution >= 4 is 34.1 Å². The van der Waals surface area contributed by atoms with Gasteiger partial charge in [-0.3, -0.25) is 0 Å². The van der Waals surface area contributed by atoms with E-state index in [0.29, 0.717) is 15.7 Å². The molecule has 0 aliphatic rings. The Labute approximate surface area is 91.1 Å². The third kappa shape index (κ3) is 1.18. The van der Waals surface area contributed by atoms with Crippen LogP contribution in [-0.4, -0.2) is 4.98 Å². The molecule has 0 bridgehead atoms. The predicted molar refractivity (Wildman–Crippen MR) is 57.8 cm³/mol. The van der Waals surface area contributed by atoms with E-state index in [0.717, 1.165) is 16.5 Å². The number of hydrogen-bond acceptors (Lipinski definition) is 1. The predicted octanol–water partition coefficient (Wildman–Crippen LogP) is 3.65. The van der Waals surface area contributed by atoms with Crippen molar-refractivity contribution in [3.63, 3.8) is 0 Å². The summed E-state index contributed by atoms with van der Waals surface area (Å²) in [6.45, 7) is 1.89. The van der Waals surface area contributed by atoms with Crippen LogP contribution >= 0.6 is 23.2 Å². The molecular formula is C10H6Cl2N2. The Morgan fingerprint density at radius 2 is 2.07 bits per heavy atom. The Balaban J connectivity index is 2.96. The number of H-pyrrole nitrogens is 1. The van der Waals surface area contributed by atoms with Crippen molar-refractivity contribution in [2.45, 2.75) is 6.92 Å². The van der Waals surface area contributed by atoms with Gasteiger partial charge >= 0.3 is 0 Å². The highest BCUT2D eigenvalue weighted by Gasteiger charge is 2.11. The molecule has 0 saturated heterocycles. The molecular weight excluding hydrogens is 219 g/mol. The first kappa shape index (κ1) is 9.39. The third-order valence-corrected chi connectivity index (χ3v) is 2.93. The molecule has 1 N–H and O–H groups in total. The Kier molecular flexibility index (Phi) is 2.14. The van der Waals surface area contributed by atoms with Gasteiger partial charge in [0.25, 0.3) is 0 Å². The molecule has 0 aliphatic heterocycles. The highest BCUT2D eigenvalue weighted by molar-refractivity contribution is 6.34. The maximum atomic E-state index is 8.88. The number of aromatic nitrogens is 1. The zero-order chi connectivity index (χ0) is 10.3. The zero-order valence-electron chi connectivity index (χ0n) is 7.36. The molecule has 0 aliphatic carbocycles. The van der Waals surface area contributed by atoms with Crippen LogP contribution < -0.4 is 0 Å². The van der Waals surface area contributed by atoms with Gasteiger partial charge in [0.2, 0.25) is 0 Å². The summed E-state index contributed by atoms with van der Waals surface area (Å²) >= 11 is 11.8. The van der Waals surface area contributed by atoms with Crippen molar-refractivity contribution in [3.05, 3.63) is 33.4 Å². The molecule has 0 fully saturated rings. The van der Waals surface area contributed by atoms with E-state index in [1.54, 1.807) is 12.1 Å². The minimum atomic E-state index is 0.368. The summed E-state index contributed by atoms with van der Waals surface area (Å²) in [4.78, 5) is 2.95. The molecule has 14 heavy (non-hydrogen) atoms. The van der Waals surface area contributed by atoms with Crippen LogP contribution in [0.15, 0.2) is 12.1 Å². The average Bonchev–Trinajstić information content (AvgIpc) is 2.49. The summed E-state index contributed by atoms with van der Waals surface area (Å²) in [5.41, 5.74) is 2.22. The van der Waals surface area contributed by atoms with Crippen molar-refractivity contribution in [1.29, 1.82) is 5.26 Å². The summed E-state index contributed by atoms with van der Waals surface area (Å²) in [5.74, 6) is 0. The third-order valence-electron chi connectivity index (χ3n) is 2.23. The SMILES string of the molecule is Cc1c(Cl)ccc2c(C#N)c(Cl)[nH]c12. The van der Waals surface area contributed by atoms with Gasteiger partial charge in [0, 0.05) is 10.4 Å². The van der Waals surface area contributed by atoms with Gasteiger partial charge in [-0.2, -0.15) is 5.26 Å². The summed E-state index contributed by atoms with van der Waals surface area (Å²) in [6.07, 6.45) is 0. The van der Waals surface area contributed by atoms with Crippen LogP contribution in [0, 0.1) is 18.3 Å². The fraction of sp³-hybridized carbons (Fsp3) is 0.100. The molecule has 0 saturated carbocycles. The minimum absolute atomic E-state index is 0.368. The average molecular weight is 225 g/mol. The Morgan fingerprint density at radius 3 is 2.71 bits per heavy atom. The summed E-state index contributed by atoms with van der Waals surface area (Å²) in [5, 5.41) is 10.7. The molecule has 2 rings (SSSR count). The van der Waals surface area contributed by atoms with Gasteiger partial charge in [0.15, 0.2) is 0 Å². The van der Waals surface area contributed by atoms with Crippen LogP contribution in [0.3, 0.4) is 0 Å². The number of aromatic amines is 1. The van der Waals surface area contributed by atoms with Crippen LogP contribution in [-0.2, 0) is 0 Å². The number of nitrogens with zero attached hydrogens (tertiary/aromatic N) is 1. The molecule has 4 heteroatoms. The van der Waals surface area contributed by atoms with Gasteiger partial charge in [0.1, 0.15) is 11.2 Å². The normalized spacial score (nSPS) is 10.4. The largest absolute Gasteiger partial charge is 0.344 e. The first-order valence-corrected chi connectivity index (χ1v) is 4.77. The lowest BCUT2D eigenvalue weighted by molar-refractivity contribution is 1.41. The lowest BCUT2D eigenvalue weighted by atomic mass is 10.1. The number of nitrogens with one attached hydrogen (secondary N) is 1. The molecule has 0 unspecified atom stereocenters. The maximum absolute atomic E-state index is 8.88. The second kappa shape index (κ2) is 3.20. The first-order chi connectivity index (χ1) is 6.65. The molecule has 0 spiro atoms. The molecule has 2 nitrogen and oxygen atoms in total. The van der Waals surface area contributed by atoms with Crippen molar-refractivity contribution in [3.8, 4) is 6.07 Å². The summed E-state index contributed by atoms with van der Waals surface area (Å²) in [6, 6.07) is 5.62. The second-order valence-electron chi connectivity index (χ2n) is 3.02. The van der Waals surface area contributed by atoms with Gasteiger partial charge in [-0.15, -0.1) is 0 Å². The van der Waals surface area contributed by atoms with E-state index >= 15 is 0 Å². The van der Waals surface area contributed by atoms with Crippen molar-refractivity contribution in [2.75, 3.05) is 0 Å². The number of benzene rings is 1. The molecule has 1 aromatic carbocycles. The van der Waals surface area contributed by atoms with Crippen LogP contribution in [0.5, 0.6) is 0 Å². The lowest BCUT2D eigenvalue weighted by Gasteiger charge is -1.98. The summed E-state index contributed by atoms with van der Waals surface area (Å²) < 4.78 is 0. The molecule has 1 aromatic heterocycles. The molecule has 0 amide bonds. The van der Waals surface area contributed by atoms with Gasteiger partial charge in [-0.25, -0.2) is 0 Å². The Hall–Kier alpha value is -1.17. The Morgan fingerprint density at radius 1 is 1.36 bits per heavy atom. The molecule has 0 radical (unpaired) electrons. The fourth-order valence-corrected chi connectivity index (χ4v) is 1.85. The van der Waals surface area contributed by atoms with E-state index < -0.39 is 0 Å². The standard InChI is InChI=1S/C10H6Cl2N2/c1-5-8(11)3-2-6-7(4-13)10(12)14-9(5)6/h2-3,14H,1H3. The van der Waals surface area contributed by atoms with Crippen LogP contribution in [0.1, 0.15) is 11.1 Å². The molecule has 1 heterocycles. The molecule has 0 atom stereocenters. The monoisotopic (exact) mass is 224 g/mol. The number of aryl methyl sites for hydroxylation is 1. The van der Waals surface area contributed by atoms with Crippen LogP contribution in [0.4, 0.5) is 0 Å². The Bertz CT molecular complexity index is 549. The summed E-state index contributed by atoms with van der Waals surface area (Å²) in [7, 11) is 0. The topological polar surface area (TPSA) is 39.6 Å². The van der Waals surface area contributed by atoms with Gasteiger partial charge in [-0.1, -0.05) is 23.2 Å². The van der Waals surface area contributed by atoms with Gasteiger partial charge < -0.3 is 4.98 Å². The number of fused-ring (bicyclic) bond motifs is 1. The molecule has 2 aromatic rings. The minimum Gasteiger partial charge on any atom is -0.344 e. The number of nitriles is 1. The molecule has 70 valence electrons. The van der Waals surface area contributed by atoms with Crippen molar-refractivity contribution in [1.82, 2.24) is 4.98 Å². The van der Waals surface area contributed by atoms with E-state index in [4.69, 9.17) is 28.5 Å². The lowest BCUT2D eigenvalue weighted by Crippen LogP contribution is -1.78. The maximum Gasteiger partial charge on any atom is 0.125 e. The highest BCUT2D eigenvalue weighted by Crippen LogP contribution is 2.30. The number of halogens is 2. The van der Waals surface area contributed by atoms with E-state index in [9.17, 15) is 0 Å². The van der Waals surface area contributed by atoms with Crippen LogP contribution in [0.25, 0.3) is 10.9 Å². The number of rotatable bonds is 0. The van der Waals surface area contributed by atoms with Crippen LogP contribution in [0.2, 0.25) is 10.2 Å². The van der Waals surface area contributed by atoms with Gasteiger partial charge in [-0.05, 0) is 24.6 Å². The van der Waals surface area contributed by atoms with E-state index in [1.165, 1.54) is 0 Å². The number of hydrogen-bond donors (Lipinski definition) is 1. The quantitative estimate of drug-likeness (QED) is 0.730. The highest BCUT2D eigenvalue weighted by atomic mass is 35.5. The van der Waals surface area contributed by atoms with Crippen molar-refractivity contribution < 1.29 is 0 Å². The smallest absolute Gasteiger partial charge is 0.125 e. The van der Waals surface area contributed by atoms with Gasteiger partial charge in [0.05, 0.1) is 11.1 Å². The van der Waals surface area contributed by atoms with Crippen molar-refractivity contribution in [2.24, 2.45) is 0 Å². The van der Waals surface area contributed by atoms with E-state index in [2.05, 4.69) is 11.1 Å². The van der Waals surface area contributed by atoms with E-state index in [1.807, 2.05) is 6.92 Å². The van der Waals surface area contributed by atoms with E-state index in [-0.39, 0.29) is 0 Å². The first-order valence-electron chi connectivity index (χ1n) is 4.01.